The van der Waals surface area contributed by atoms with E-state index in [9.17, 15) is 18.0 Å². The lowest BCUT2D eigenvalue weighted by atomic mass is 10.1. The predicted octanol–water partition coefficient (Wildman–Crippen LogP) is 4.82. The van der Waals surface area contributed by atoms with Gasteiger partial charge in [-0.15, -0.1) is 0 Å². The fourth-order valence-corrected chi connectivity index (χ4v) is 3.32. The molecule has 112 valence electrons. The lowest BCUT2D eigenvalue weighted by molar-refractivity contribution is -0.204. The summed E-state index contributed by atoms with van der Waals surface area (Å²) in [6.45, 7) is 5.98. The summed E-state index contributed by atoms with van der Waals surface area (Å²) in [5.41, 5.74) is 0.484. The Morgan fingerprint density at radius 2 is 1.95 bits per heavy atom. The number of hydrogen-bond donors (Lipinski definition) is 0. The van der Waals surface area contributed by atoms with Crippen LogP contribution in [-0.4, -0.2) is 20.2 Å². The molecule has 1 aromatic carbocycles. The maximum absolute atomic E-state index is 12.3. The van der Waals surface area contributed by atoms with Crippen molar-refractivity contribution in [3.63, 3.8) is 0 Å². The Morgan fingerprint density at radius 3 is 2.40 bits per heavy atom. The van der Waals surface area contributed by atoms with E-state index in [0.717, 1.165) is 0 Å². The Morgan fingerprint density at radius 1 is 1.35 bits per heavy atom. The summed E-state index contributed by atoms with van der Waals surface area (Å²) in [6, 6.07) is 6.77. The van der Waals surface area contributed by atoms with E-state index < -0.39 is 26.3 Å². The van der Waals surface area contributed by atoms with Crippen LogP contribution in [0.1, 0.15) is 11.7 Å². The van der Waals surface area contributed by atoms with E-state index in [1.165, 1.54) is 6.07 Å². The molecule has 0 aliphatic rings. The molecule has 1 atom stereocenters. The molecule has 0 spiro atoms. The molecule has 0 fully saturated rings. The van der Waals surface area contributed by atoms with E-state index in [1.807, 2.05) is 19.6 Å². The van der Waals surface area contributed by atoms with Crippen molar-refractivity contribution >= 4 is 25.6 Å². The number of hydrogen-bond acceptors (Lipinski definition) is 2. The second kappa shape index (κ2) is 6.18. The fraction of sp³-hybridized carbons (Fsp3) is 0.462. The number of rotatable bonds is 4. The normalized spacial score (nSPS) is 13.9. The zero-order valence-electron chi connectivity index (χ0n) is 11.4. The summed E-state index contributed by atoms with van der Waals surface area (Å²) in [7, 11) is -1.73. The van der Waals surface area contributed by atoms with Gasteiger partial charge in [-0.1, -0.05) is 43.4 Å². The van der Waals surface area contributed by atoms with Crippen LogP contribution in [0.4, 0.5) is 13.2 Å². The SMILES string of the molecule is C[Si](C)(C)CC(OC(=O)C(F)(F)F)c1cccc(Cl)c1. The molecule has 0 heterocycles. The topological polar surface area (TPSA) is 26.3 Å². The van der Waals surface area contributed by atoms with E-state index in [2.05, 4.69) is 4.74 Å². The van der Waals surface area contributed by atoms with Gasteiger partial charge >= 0.3 is 12.1 Å². The number of alkyl halides is 3. The van der Waals surface area contributed by atoms with Gasteiger partial charge in [0.2, 0.25) is 0 Å². The van der Waals surface area contributed by atoms with Gasteiger partial charge in [0.1, 0.15) is 6.10 Å². The summed E-state index contributed by atoms with van der Waals surface area (Å²) < 4.78 is 41.7. The number of esters is 1. The largest absolute Gasteiger partial charge is 0.490 e. The van der Waals surface area contributed by atoms with Gasteiger partial charge in [-0.3, -0.25) is 0 Å². The van der Waals surface area contributed by atoms with Gasteiger partial charge in [-0.25, -0.2) is 4.79 Å². The maximum atomic E-state index is 12.3. The summed E-state index contributed by atoms with van der Waals surface area (Å²) in [4.78, 5) is 11.1. The third-order valence-electron chi connectivity index (χ3n) is 2.50. The van der Waals surface area contributed by atoms with Crippen LogP contribution in [-0.2, 0) is 9.53 Å². The monoisotopic (exact) mass is 324 g/mol. The average Bonchev–Trinajstić information content (AvgIpc) is 2.25. The second-order valence-corrected chi connectivity index (χ2v) is 11.7. The molecule has 1 rings (SSSR count). The van der Waals surface area contributed by atoms with Crippen LogP contribution in [0.25, 0.3) is 0 Å². The first kappa shape index (κ1) is 17.0. The molecule has 20 heavy (non-hydrogen) atoms. The molecule has 0 saturated carbocycles. The number of benzene rings is 1. The Balaban J connectivity index is 3.00. The van der Waals surface area contributed by atoms with Crippen molar-refractivity contribution in [2.24, 2.45) is 0 Å². The van der Waals surface area contributed by atoms with Gasteiger partial charge < -0.3 is 4.74 Å². The first-order valence-corrected chi connectivity index (χ1v) is 10.1. The van der Waals surface area contributed by atoms with Crippen molar-refractivity contribution in [2.75, 3.05) is 0 Å². The molecule has 0 saturated heterocycles. The molecule has 0 radical (unpaired) electrons. The van der Waals surface area contributed by atoms with Gasteiger partial charge in [-0.05, 0) is 23.7 Å². The van der Waals surface area contributed by atoms with Crippen LogP contribution in [0.2, 0.25) is 30.7 Å². The minimum atomic E-state index is -4.99. The third-order valence-corrected chi connectivity index (χ3v) is 4.33. The van der Waals surface area contributed by atoms with Crippen LogP contribution in [0, 0.1) is 0 Å². The number of halogens is 4. The molecule has 0 aliphatic heterocycles. The average molecular weight is 325 g/mol. The number of carbonyl (C=O) groups excluding carboxylic acids is 1. The van der Waals surface area contributed by atoms with Crippen molar-refractivity contribution in [1.82, 2.24) is 0 Å². The molecule has 0 N–H and O–H groups in total. The third kappa shape index (κ3) is 5.54. The van der Waals surface area contributed by atoms with Crippen molar-refractivity contribution in [3.8, 4) is 0 Å². The Labute approximate surface area is 121 Å². The Kier molecular flexibility index (Phi) is 5.26. The molecule has 0 bridgehead atoms. The molecule has 0 aromatic heterocycles. The van der Waals surface area contributed by atoms with E-state index >= 15 is 0 Å². The van der Waals surface area contributed by atoms with Crippen LogP contribution in [0.5, 0.6) is 0 Å². The predicted molar refractivity (Wildman–Crippen MR) is 74.5 cm³/mol. The molecule has 0 amide bonds. The Bertz CT molecular complexity index is 483. The van der Waals surface area contributed by atoms with Crippen LogP contribution < -0.4 is 0 Å². The molecule has 1 unspecified atom stereocenters. The summed E-state index contributed by atoms with van der Waals surface area (Å²) in [5.74, 6) is -2.17. The zero-order chi connectivity index (χ0) is 15.6. The van der Waals surface area contributed by atoms with Crippen molar-refractivity contribution in [3.05, 3.63) is 34.9 Å². The fourth-order valence-electron chi connectivity index (χ4n) is 1.69. The lowest BCUT2D eigenvalue weighted by Gasteiger charge is -2.25. The highest BCUT2D eigenvalue weighted by molar-refractivity contribution is 6.76. The summed E-state index contributed by atoms with van der Waals surface area (Å²) in [6.07, 6.45) is -5.91. The van der Waals surface area contributed by atoms with Gasteiger partial charge in [0.25, 0.3) is 0 Å². The number of carbonyl (C=O) groups is 1. The second-order valence-electron chi connectivity index (χ2n) is 5.71. The van der Waals surface area contributed by atoms with Gasteiger partial charge in [0.15, 0.2) is 0 Å². The lowest BCUT2D eigenvalue weighted by Crippen LogP contribution is -2.31. The van der Waals surface area contributed by atoms with Crippen molar-refractivity contribution < 1.29 is 22.7 Å². The molecular weight excluding hydrogens is 309 g/mol. The van der Waals surface area contributed by atoms with E-state index in [4.69, 9.17) is 11.6 Å². The van der Waals surface area contributed by atoms with Crippen LogP contribution in [0.3, 0.4) is 0 Å². The molecule has 1 aromatic rings. The van der Waals surface area contributed by atoms with Gasteiger partial charge in [0.05, 0.1) is 0 Å². The zero-order valence-corrected chi connectivity index (χ0v) is 13.2. The van der Waals surface area contributed by atoms with Crippen LogP contribution in [0.15, 0.2) is 24.3 Å². The van der Waals surface area contributed by atoms with Crippen molar-refractivity contribution in [1.29, 1.82) is 0 Å². The van der Waals surface area contributed by atoms with E-state index in [0.29, 0.717) is 16.6 Å². The molecule has 2 nitrogen and oxygen atoms in total. The van der Waals surface area contributed by atoms with Crippen LogP contribution >= 0.6 is 11.6 Å². The quantitative estimate of drug-likeness (QED) is 0.586. The van der Waals surface area contributed by atoms with Crippen molar-refractivity contribution in [2.45, 2.75) is 38.0 Å². The number of ether oxygens (including phenoxy) is 1. The first-order chi connectivity index (χ1) is 8.99. The van der Waals surface area contributed by atoms with E-state index in [-0.39, 0.29) is 0 Å². The minimum Gasteiger partial charge on any atom is -0.451 e. The van der Waals surface area contributed by atoms with Gasteiger partial charge in [-0.2, -0.15) is 13.2 Å². The summed E-state index contributed by atoms with van der Waals surface area (Å²) in [5, 5.41) is 0.395. The summed E-state index contributed by atoms with van der Waals surface area (Å²) >= 11 is 5.84. The van der Waals surface area contributed by atoms with E-state index in [1.54, 1.807) is 18.2 Å². The molecule has 0 aliphatic carbocycles. The Hall–Kier alpha value is -1.01. The van der Waals surface area contributed by atoms with Gasteiger partial charge in [0, 0.05) is 13.1 Å². The maximum Gasteiger partial charge on any atom is 0.490 e. The standard InChI is InChI=1S/C13H16ClF3O2Si/c1-20(2,3)8-11(19-12(18)13(15,16)17)9-5-4-6-10(14)7-9/h4-7,11H,8H2,1-3H3. The molecular formula is C13H16ClF3O2Si. The highest BCUT2D eigenvalue weighted by Gasteiger charge is 2.43. The minimum absolute atomic E-state index is 0.395. The molecule has 7 heteroatoms. The first-order valence-electron chi connectivity index (χ1n) is 6.02. The smallest absolute Gasteiger partial charge is 0.451 e. The highest BCUT2D eigenvalue weighted by Crippen LogP contribution is 2.31. The highest BCUT2D eigenvalue weighted by atomic mass is 35.5.